The van der Waals surface area contributed by atoms with Gasteiger partial charge in [0, 0.05) is 20.2 Å². The first-order valence-electron chi connectivity index (χ1n) is 9.26. The molecule has 0 atom stereocenters. The predicted octanol–water partition coefficient (Wildman–Crippen LogP) is 2.74. The van der Waals surface area contributed by atoms with Gasteiger partial charge in [0.15, 0.2) is 0 Å². The van der Waals surface area contributed by atoms with Gasteiger partial charge in [0.25, 0.3) is 0 Å². The minimum atomic E-state index is -0.377. The Balaban J connectivity index is 3.26. The Morgan fingerprint density at radius 2 is 1.35 bits per heavy atom. The van der Waals surface area contributed by atoms with Crippen LogP contribution in [0.4, 0.5) is 4.79 Å². The summed E-state index contributed by atoms with van der Waals surface area (Å²) in [5, 5.41) is 0. The number of rotatable bonds is 17. The molecule has 0 spiro atoms. The Hall–Kier alpha value is -1.15. The maximum Gasteiger partial charge on any atom is 0.409 e. The number of carbonyl (C=O) groups is 1. The fraction of sp³-hybridized carbons (Fsp3) is 0.842. The quantitative estimate of drug-likeness (QED) is 0.288. The molecule has 0 aliphatic heterocycles. The van der Waals surface area contributed by atoms with E-state index in [1.807, 2.05) is 6.92 Å². The van der Waals surface area contributed by atoms with E-state index in [2.05, 4.69) is 20.4 Å². The first kappa shape index (κ1) is 24.8. The third-order valence-electron chi connectivity index (χ3n) is 3.28. The van der Waals surface area contributed by atoms with Crippen LogP contribution >= 0.6 is 0 Å². The summed E-state index contributed by atoms with van der Waals surface area (Å²) < 4.78 is 26.7. The van der Waals surface area contributed by atoms with Gasteiger partial charge in [-0.05, 0) is 24.8 Å². The summed E-state index contributed by atoms with van der Waals surface area (Å²) in [6.45, 7) is 15.0. The molecule has 0 aliphatic rings. The second-order valence-corrected chi connectivity index (χ2v) is 6.57. The zero-order chi connectivity index (χ0) is 19.6. The first-order chi connectivity index (χ1) is 12.4. The third-order valence-corrected chi connectivity index (χ3v) is 3.28. The molecule has 0 radical (unpaired) electrons. The van der Waals surface area contributed by atoms with Crippen molar-refractivity contribution >= 4 is 6.09 Å². The molecule has 0 N–H and O–H groups in total. The molecule has 7 nitrogen and oxygen atoms in total. The van der Waals surface area contributed by atoms with Crippen molar-refractivity contribution in [2.75, 3.05) is 73.1 Å². The summed E-state index contributed by atoms with van der Waals surface area (Å²) in [5.41, 5.74) is 0.808. The highest BCUT2D eigenvalue weighted by Gasteiger charge is 2.09. The largest absolute Gasteiger partial charge is 0.445 e. The van der Waals surface area contributed by atoms with Gasteiger partial charge in [-0.25, -0.2) is 4.79 Å². The molecule has 0 fully saturated rings. The monoisotopic (exact) mass is 375 g/mol. The molecule has 0 unspecified atom stereocenters. The lowest BCUT2D eigenvalue weighted by Gasteiger charge is -2.17. The number of hydrogen-bond donors (Lipinski definition) is 0. The summed E-state index contributed by atoms with van der Waals surface area (Å²) >= 11 is 0. The van der Waals surface area contributed by atoms with Crippen molar-refractivity contribution in [2.24, 2.45) is 5.92 Å². The van der Waals surface area contributed by atoms with Crippen LogP contribution in [0, 0.1) is 5.92 Å². The highest BCUT2D eigenvalue weighted by atomic mass is 16.6. The normalized spacial score (nSPS) is 11.0. The highest BCUT2D eigenvalue weighted by Crippen LogP contribution is 1.98. The Morgan fingerprint density at radius 3 is 1.81 bits per heavy atom. The summed E-state index contributed by atoms with van der Waals surface area (Å²) in [5.74, 6) is 0.669. The van der Waals surface area contributed by atoms with E-state index in [0.29, 0.717) is 58.7 Å². The summed E-state index contributed by atoms with van der Waals surface area (Å²) in [7, 11) is 1.67. The summed E-state index contributed by atoms with van der Waals surface area (Å²) in [6, 6.07) is 0. The van der Waals surface area contributed by atoms with E-state index < -0.39 is 0 Å². The van der Waals surface area contributed by atoms with Gasteiger partial charge in [-0.1, -0.05) is 20.4 Å². The lowest BCUT2D eigenvalue weighted by Crippen LogP contribution is -2.31. The second kappa shape index (κ2) is 17.3. The minimum Gasteiger partial charge on any atom is -0.445 e. The van der Waals surface area contributed by atoms with Crippen molar-refractivity contribution in [3.8, 4) is 0 Å². The van der Waals surface area contributed by atoms with Gasteiger partial charge in [0.2, 0.25) is 0 Å². The molecule has 154 valence electrons. The van der Waals surface area contributed by atoms with E-state index in [0.717, 1.165) is 18.6 Å². The van der Waals surface area contributed by atoms with Gasteiger partial charge in [-0.15, -0.1) is 0 Å². The van der Waals surface area contributed by atoms with Crippen LogP contribution in [0.1, 0.15) is 27.2 Å². The number of ether oxygens (including phenoxy) is 5. The molecule has 0 aromatic carbocycles. The number of amides is 1. The zero-order valence-electron chi connectivity index (χ0n) is 17.0. The third kappa shape index (κ3) is 17.7. The lowest BCUT2D eigenvalue weighted by molar-refractivity contribution is -0.00420. The number of nitrogens with zero attached hydrogens (tertiary/aromatic N) is 1. The summed E-state index contributed by atoms with van der Waals surface area (Å²) in [6.07, 6.45) is 0.701. The van der Waals surface area contributed by atoms with Gasteiger partial charge < -0.3 is 28.6 Å². The van der Waals surface area contributed by atoms with Gasteiger partial charge in [-0.3, -0.25) is 0 Å². The Labute approximate surface area is 158 Å². The molecule has 0 aliphatic carbocycles. The molecule has 0 aromatic rings. The summed E-state index contributed by atoms with van der Waals surface area (Å²) in [4.78, 5) is 13.1. The van der Waals surface area contributed by atoms with Gasteiger partial charge in [0.05, 0.1) is 46.2 Å². The van der Waals surface area contributed by atoms with Crippen molar-refractivity contribution in [2.45, 2.75) is 27.2 Å². The maximum absolute atomic E-state index is 11.6. The molecular weight excluding hydrogens is 338 g/mol. The smallest absolute Gasteiger partial charge is 0.409 e. The lowest BCUT2D eigenvalue weighted by atomic mass is 10.1. The molecule has 0 saturated carbocycles. The number of carbonyl (C=O) groups excluding carboxylic acids is 1. The fourth-order valence-corrected chi connectivity index (χ4v) is 1.67. The molecule has 0 aromatic heterocycles. The average molecular weight is 376 g/mol. The van der Waals surface area contributed by atoms with Crippen LogP contribution in [-0.2, 0) is 23.7 Å². The number of hydrogen-bond acceptors (Lipinski definition) is 6. The molecule has 0 heterocycles. The van der Waals surface area contributed by atoms with Crippen LogP contribution in [0.2, 0.25) is 0 Å². The van der Waals surface area contributed by atoms with E-state index in [1.54, 1.807) is 7.05 Å². The fourth-order valence-electron chi connectivity index (χ4n) is 1.67. The first-order valence-corrected chi connectivity index (χ1v) is 9.26. The molecular formula is C19H37NO6. The van der Waals surface area contributed by atoms with Crippen LogP contribution in [0.25, 0.3) is 0 Å². The van der Waals surface area contributed by atoms with Crippen LogP contribution in [-0.4, -0.2) is 84.0 Å². The number of likely N-dealkylation sites (N-methyl/N-ethyl adjacent to an activating group) is 1. The van der Waals surface area contributed by atoms with Crippen molar-refractivity contribution in [3.05, 3.63) is 12.2 Å². The minimum absolute atomic E-state index is 0.240. The van der Waals surface area contributed by atoms with Crippen LogP contribution in [0.5, 0.6) is 0 Å². The van der Waals surface area contributed by atoms with E-state index in [1.165, 1.54) is 4.90 Å². The van der Waals surface area contributed by atoms with E-state index >= 15 is 0 Å². The molecule has 0 bridgehead atoms. The Bertz CT molecular complexity index is 362. The van der Waals surface area contributed by atoms with E-state index in [4.69, 9.17) is 23.7 Å². The SMILES string of the molecule is C=C(C)COC(=O)N(C)CCOCCOCCOCCOCCC(C)C. The molecule has 1 amide bonds. The van der Waals surface area contributed by atoms with Crippen LogP contribution in [0.15, 0.2) is 12.2 Å². The highest BCUT2D eigenvalue weighted by molar-refractivity contribution is 5.67. The predicted molar refractivity (Wildman–Crippen MR) is 102 cm³/mol. The zero-order valence-corrected chi connectivity index (χ0v) is 17.0. The maximum atomic E-state index is 11.6. The van der Waals surface area contributed by atoms with E-state index in [9.17, 15) is 4.79 Å². The topological polar surface area (TPSA) is 66.5 Å². The molecule has 0 saturated heterocycles. The molecule has 0 rings (SSSR count). The van der Waals surface area contributed by atoms with Gasteiger partial charge >= 0.3 is 6.09 Å². The van der Waals surface area contributed by atoms with Crippen molar-refractivity contribution in [1.29, 1.82) is 0 Å². The Kier molecular flexibility index (Phi) is 16.5. The Morgan fingerprint density at radius 1 is 0.885 bits per heavy atom. The molecule has 26 heavy (non-hydrogen) atoms. The van der Waals surface area contributed by atoms with Crippen molar-refractivity contribution < 1.29 is 28.5 Å². The van der Waals surface area contributed by atoms with Gasteiger partial charge in [0.1, 0.15) is 6.61 Å². The van der Waals surface area contributed by atoms with Crippen molar-refractivity contribution in [3.63, 3.8) is 0 Å². The standard InChI is InChI=1S/C19H37NO6/c1-17(2)6-8-22-10-12-24-14-15-25-13-11-23-9-7-20(5)19(21)26-16-18(3)4/h17H,3,6-16H2,1-2,4-5H3. The van der Waals surface area contributed by atoms with Crippen molar-refractivity contribution in [1.82, 2.24) is 4.90 Å². The van der Waals surface area contributed by atoms with Crippen LogP contribution in [0.3, 0.4) is 0 Å². The van der Waals surface area contributed by atoms with E-state index in [-0.39, 0.29) is 12.7 Å². The van der Waals surface area contributed by atoms with Crippen LogP contribution < -0.4 is 0 Å². The van der Waals surface area contributed by atoms with Gasteiger partial charge in [-0.2, -0.15) is 0 Å². The molecule has 7 heteroatoms. The second-order valence-electron chi connectivity index (χ2n) is 6.57. The average Bonchev–Trinajstić information content (AvgIpc) is 2.59.